The van der Waals surface area contributed by atoms with E-state index in [2.05, 4.69) is 32.7 Å². The number of ether oxygens (including phenoxy) is 1. The van der Waals surface area contributed by atoms with Crippen molar-refractivity contribution in [1.82, 2.24) is 9.55 Å². The van der Waals surface area contributed by atoms with Gasteiger partial charge in [-0.25, -0.2) is 9.37 Å². The third-order valence-electron chi connectivity index (χ3n) is 6.82. The predicted octanol–water partition coefficient (Wildman–Crippen LogP) is 6.21. The van der Waals surface area contributed by atoms with Crippen molar-refractivity contribution in [1.29, 1.82) is 5.26 Å². The molecule has 0 atom stereocenters. The van der Waals surface area contributed by atoms with E-state index in [9.17, 15) is 14.2 Å². The number of fused-ring (bicyclic) bond motifs is 2. The van der Waals surface area contributed by atoms with Crippen LogP contribution in [0.15, 0.2) is 53.7 Å². The van der Waals surface area contributed by atoms with Crippen molar-refractivity contribution in [3.8, 4) is 28.6 Å². The lowest BCUT2D eigenvalue weighted by Gasteiger charge is -2.27. The van der Waals surface area contributed by atoms with Crippen molar-refractivity contribution in [3.63, 3.8) is 0 Å². The van der Waals surface area contributed by atoms with Gasteiger partial charge in [0.25, 0.3) is 0 Å². The van der Waals surface area contributed by atoms with Crippen LogP contribution in [0.1, 0.15) is 37.1 Å². The molecule has 3 heterocycles. The predicted molar refractivity (Wildman–Crippen MR) is 147 cm³/mol. The minimum Gasteiger partial charge on any atom is -0.494 e. The van der Waals surface area contributed by atoms with Gasteiger partial charge in [0, 0.05) is 52.1 Å². The Kier molecular flexibility index (Phi) is 6.04. The second kappa shape index (κ2) is 8.97. The molecule has 0 radical (unpaired) electrons. The number of hydrogen-bond acceptors (Lipinski definition) is 5. The number of aromatic nitrogens is 2. The Bertz CT molecular complexity index is 1660. The molecule has 0 amide bonds. The van der Waals surface area contributed by atoms with Crippen LogP contribution in [0, 0.1) is 17.1 Å². The van der Waals surface area contributed by atoms with Crippen LogP contribution >= 0.6 is 7.14 Å². The van der Waals surface area contributed by atoms with Crippen LogP contribution in [-0.4, -0.2) is 36.2 Å². The second-order valence-electron chi connectivity index (χ2n) is 10.4. The summed E-state index contributed by atoms with van der Waals surface area (Å²) in [6.45, 7) is 8.01. The van der Waals surface area contributed by atoms with E-state index in [0.717, 1.165) is 44.5 Å². The fraction of sp³-hybridized carbons (Fsp3) is 0.276. The maximum absolute atomic E-state index is 13.9. The van der Waals surface area contributed by atoms with E-state index in [1.807, 2.05) is 26.1 Å². The first-order chi connectivity index (χ1) is 17.5. The monoisotopic (exact) mass is 514 g/mol. The van der Waals surface area contributed by atoms with Crippen LogP contribution in [0.25, 0.3) is 27.7 Å². The maximum Gasteiger partial charge on any atom is 0.148 e. The highest BCUT2D eigenvalue weighted by molar-refractivity contribution is 7.70. The van der Waals surface area contributed by atoms with E-state index in [-0.39, 0.29) is 12.2 Å². The Morgan fingerprint density at radius 2 is 1.92 bits per heavy atom. The minimum atomic E-state index is -2.68. The molecule has 0 spiro atoms. The third kappa shape index (κ3) is 4.26. The quantitative estimate of drug-likeness (QED) is 0.287. The van der Waals surface area contributed by atoms with Gasteiger partial charge in [0.1, 0.15) is 24.1 Å². The number of pyridine rings is 1. The van der Waals surface area contributed by atoms with Gasteiger partial charge in [0.05, 0.1) is 25.2 Å². The van der Waals surface area contributed by atoms with E-state index >= 15 is 0 Å². The second-order valence-corrected chi connectivity index (χ2v) is 13.5. The van der Waals surface area contributed by atoms with E-state index in [1.54, 1.807) is 38.8 Å². The Morgan fingerprint density at radius 1 is 1.19 bits per heavy atom. The molecule has 1 aliphatic heterocycles. The van der Waals surface area contributed by atoms with Crippen LogP contribution in [0.4, 0.5) is 4.39 Å². The summed E-state index contributed by atoms with van der Waals surface area (Å²) in [7, 11) is -1.13. The molecule has 0 N–H and O–H groups in total. The SMILES string of the molecule is COc1cc(-c2c(C(C)(C)CC#N)n(-c3ccc(F)cc3)c3cc4c(cc23)CN=C4)cnc1P(C)(C)=O. The molecule has 8 heteroatoms. The smallest absolute Gasteiger partial charge is 0.148 e. The zero-order valence-electron chi connectivity index (χ0n) is 21.5. The largest absolute Gasteiger partial charge is 0.494 e. The molecule has 1 aliphatic rings. The molecule has 0 saturated carbocycles. The summed E-state index contributed by atoms with van der Waals surface area (Å²) in [4.78, 5) is 9.05. The molecular weight excluding hydrogens is 486 g/mol. The number of halogens is 1. The molecule has 6 nitrogen and oxygen atoms in total. The van der Waals surface area contributed by atoms with Crippen molar-refractivity contribution >= 4 is 29.7 Å². The average molecular weight is 515 g/mol. The molecule has 2 aromatic heterocycles. The molecule has 0 fully saturated rings. The molecule has 0 unspecified atom stereocenters. The van der Waals surface area contributed by atoms with Gasteiger partial charge in [-0.15, -0.1) is 0 Å². The van der Waals surface area contributed by atoms with Crippen LogP contribution in [0.2, 0.25) is 0 Å². The number of nitrogens with zero attached hydrogens (tertiary/aromatic N) is 4. The summed E-state index contributed by atoms with van der Waals surface area (Å²) in [5.41, 5.74) is 6.33. The first-order valence-electron chi connectivity index (χ1n) is 12.0. The van der Waals surface area contributed by atoms with Crippen LogP contribution < -0.4 is 10.2 Å². The van der Waals surface area contributed by atoms with Crippen molar-refractivity contribution in [2.24, 2.45) is 4.99 Å². The van der Waals surface area contributed by atoms with Crippen LogP contribution in [-0.2, 0) is 16.5 Å². The molecular formula is C29H28FN4O2P. The van der Waals surface area contributed by atoms with Gasteiger partial charge in [0.2, 0.25) is 0 Å². The Balaban J connectivity index is 1.94. The maximum atomic E-state index is 13.9. The van der Waals surface area contributed by atoms with Gasteiger partial charge in [-0.2, -0.15) is 5.26 Å². The lowest BCUT2D eigenvalue weighted by molar-refractivity contribution is 0.416. The lowest BCUT2D eigenvalue weighted by atomic mass is 9.82. The van der Waals surface area contributed by atoms with Crippen molar-refractivity contribution in [3.05, 3.63) is 71.3 Å². The van der Waals surface area contributed by atoms with E-state index in [0.29, 0.717) is 17.7 Å². The average Bonchev–Trinajstić information content (AvgIpc) is 3.44. The fourth-order valence-electron chi connectivity index (χ4n) is 5.10. The van der Waals surface area contributed by atoms with Gasteiger partial charge in [0.15, 0.2) is 0 Å². The number of nitriles is 1. The molecule has 37 heavy (non-hydrogen) atoms. The Hall–Kier alpha value is -3.75. The third-order valence-corrected chi connectivity index (χ3v) is 8.17. The Labute approximate surface area is 215 Å². The lowest BCUT2D eigenvalue weighted by Crippen LogP contribution is -2.22. The van der Waals surface area contributed by atoms with Crippen molar-refractivity contribution in [2.45, 2.75) is 32.2 Å². The summed E-state index contributed by atoms with van der Waals surface area (Å²) < 4.78 is 34.6. The molecule has 188 valence electrons. The normalized spacial score (nSPS) is 13.1. The number of hydrogen-bond donors (Lipinski definition) is 0. The van der Waals surface area contributed by atoms with Crippen molar-refractivity contribution < 1.29 is 13.7 Å². The van der Waals surface area contributed by atoms with E-state index in [4.69, 9.17) is 4.74 Å². The number of benzene rings is 2. The highest BCUT2D eigenvalue weighted by Gasteiger charge is 2.33. The minimum absolute atomic E-state index is 0.264. The summed E-state index contributed by atoms with van der Waals surface area (Å²) in [6, 6.07) is 14.8. The zero-order valence-corrected chi connectivity index (χ0v) is 22.4. The van der Waals surface area contributed by atoms with Gasteiger partial charge >= 0.3 is 0 Å². The van der Waals surface area contributed by atoms with Crippen LogP contribution in [0.5, 0.6) is 5.75 Å². The highest BCUT2D eigenvalue weighted by atomic mass is 31.2. The number of methoxy groups -OCH3 is 1. The summed E-state index contributed by atoms with van der Waals surface area (Å²) in [5, 5.41) is 10.7. The molecule has 4 aromatic rings. The van der Waals surface area contributed by atoms with Crippen molar-refractivity contribution in [2.75, 3.05) is 20.4 Å². The topological polar surface area (TPSA) is 80.3 Å². The summed E-state index contributed by atoms with van der Waals surface area (Å²) in [6.07, 6.45) is 3.87. The highest BCUT2D eigenvalue weighted by Crippen LogP contribution is 2.46. The number of rotatable bonds is 6. The summed E-state index contributed by atoms with van der Waals surface area (Å²) >= 11 is 0. The molecule has 2 aromatic carbocycles. The van der Waals surface area contributed by atoms with Gasteiger partial charge in [-0.05, 0) is 66.9 Å². The molecule has 0 aliphatic carbocycles. The first-order valence-corrected chi connectivity index (χ1v) is 14.6. The Morgan fingerprint density at radius 3 is 2.57 bits per heavy atom. The molecule has 5 rings (SSSR count). The summed E-state index contributed by atoms with van der Waals surface area (Å²) in [5.74, 6) is 0.140. The first kappa shape index (κ1) is 24.9. The zero-order chi connectivity index (χ0) is 26.5. The van der Waals surface area contributed by atoms with E-state index in [1.165, 1.54) is 12.1 Å². The van der Waals surface area contributed by atoms with Gasteiger partial charge in [-0.1, -0.05) is 13.8 Å². The molecule has 0 saturated heterocycles. The number of aliphatic imine (C=N–C) groups is 1. The van der Waals surface area contributed by atoms with Gasteiger partial charge < -0.3 is 13.9 Å². The van der Waals surface area contributed by atoms with Crippen LogP contribution in [0.3, 0.4) is 0 Å². The molecule has 0 bridgehead atoms. The van der Waals surface area contributed by atoms with E-state index < -0.39 is 12.6 Å². The standard InChI is InChI=1S/C29H28FN4O2P/c1-29(2,10-11-31)27-26(20-14-25(36-3)28(33-17-20)37(4,5)35)23-12-18-15-32-16-19(18)13-24(23)34(27)22-8-6-21(30)7-9-22/h6-9,12-14,16-17H,10,15H2,1-5H3. The fourth-order valence-corrected chi connectivity index (χ4v) is 6.12. The van der Waals surface area contributed by atoms with Gasteiger partial charge in [-0.3, -0.25) is 4.99 Å².